The summed E-state index contributed by atoms with van der Waals surface area (Å²) < 4.78 is 47.9. The number of carbonyl (C=O) groups excluding carboxylic acids is 1. The van der Waals surface area contributed by atoms with Crippen LogP contribution in [-0.4, -0.2) is 31.2 Å². The summed E-state index contributed by atoms with van der Waals surface area (Å²) in [5.74, 6) is 1.57. The highest BCUT2D eigenvalue weighted by molar-refractivity contribution is 5.89. The molecular weight excluding hydrogens is 507 g/mol. The summed E-state index contributed by atoms with van der Waals surface area (Å²) >= 11 is 0. The van der Waals surface area contributed by atoms with E-state index in [0.29, 0.717) is 17.5 Å². The van der Waals surface area contributed by atoms with Gasteiger partial charge in [-0.2, -0.15) is 0 Å². The number of benzene rings is 2. The normalized spacial score (nSPS) is 25.3. The zero-order valence-electron chi connectivity index (χ0n) is 22.4. The smallest absolute Gasteiger partial charge is 0.473 e. The third-order valence-electron chi connectivity index (χ3n) is 8.73. The van der Waals surface area contributed by atoms with Gasteiger partial charge in [-0.3, -0.25) is 5.32 Å². The minimum Gasteiger partial charge on any atom is -0.473 e. The first-order valence-corrected chi connectivity index (χ1v) is 14.1. The molecule has 2 aromatic rings. The molecule has 39 heavy (non-hydrogen) atoms. The van der Waals surface area contributed by atoms with E-state index in [-0.39, 0.29) is 17.2 Å². The zero-order chi connectivity index (χ0) is 27.5. The van der Waals surface area contributed by atoms with Gasteiger partial charge in [0, 0.05) is 17.8 Å². The van der Waals surface area contributed by atoms with Crippen LogP contribution >= 0.6 is 0 Å². The second-order valence-corrected chi connectivity index (χ2v) is 11.5. The zero-order valence-corrected chi connectivity index (χ0v) is 22.4. The lowest BCUT2D eigenvalue weighted by molar-refractivity contribution is -0.274. The molecule has 2 aromatic carbocycles. The number of ether oxygens (including phenoxy) is 2. The Labute approximate surface area is 228 Å². The number of alkyl halides is 3. The van der Waals surface area contributed by atoms with Gasteiger partial charge in [0.05, 0.1) is 6.04 Å². The molecule has 3 atom stereocenters. The summed E-state index contributed by atoms with van der Waals surface area (Å²) in [6.45, 7) is 3.12. The highest BCUT2D eigenvalue weighted by Gasteiger charge is 2.39. The molecule has 3 aliphatic rings. The SMILES string of the molecule is CC1(c2ccccc2OC2NCC(C3CCCCC3)CC2NC(=O)Nc2ccc(OC(F)(F)F)cc2)CCC1. The van der Waals surface area contributed by atoms with E-state index in [1.54, 1.807) is 0 Å². The molecule has 5 rings (SSSR count). The molecule has 0 radical (unpaired) electrons. The van der Waals surface area contributed by atoms with Crippen molar-refractivity contribution >= 4 is 11.7 Å². The van der Waals surface area contributed by atoms with Crippen LogP contribution in [0.15, 0.2) is 48.5 Å². The standard InChI is InChI=1S/C30H38F3N3O3/c1-29(16-7-17-29)24-10-5-6-11-26(24)38-27-25(18-21(19-34-27)20-8-3-2-4-9-20)36-28(37)35-22-12-14-23(15-13-22)39-30(31,32)33/h5-6,10-15,20-21,25,27,34H,2-4,7-9,16-19H2,1H3,(H2,35,36,37). The van der Waals surface area contributed by atoms with Crippen LogP contribution in [0.4, 0.5) is 23.7 Å². The lowest BCUT2D eigenvalue weighted by Gasteiger charge is -2.43. The van der Waals surface area contributed by atoms with Crippen LogP contribution in [0, 0.1) is 11.8 Å². The Kier molecular flexibility index (Phi) is 8.26. The van der Waals surface area contributed by atoms with Crippen LogP contribution < -0.4 is 25.4 Å². The number of anilines is 1. The van der Waals surface area contributed by atoms with Crippen molar-refractivity contribution in [2.24, 2.45) is 11.8 Å². The number of hydrogen-bond acceptors (Lipinski definition) is 4. The van der Waals surface area contributed by atoms with Gasteiger partial charge in [-0.05, 0) is 66.8 Å². The van der Waals surface area contributed by atoms with Crippen molar-refractivity contribution in [3.8, 4) is 11.5 Å². The second-order valence-electron chi connectivity index (χ2n) is 11.5. The van der Waals surface area contributed by atoms with Crippen LogP contribution in [0.3, 0.4) is 0 Å². The van der Waals surface area contributed by atoms with Crippen molar-refractivity contribution in [3.63, 3.8) is 0 Å². The fourth-order valence-electron chi connectivity index (χ4n) is 6.42. The number of para-hydroxylation sites is 1. The number of halogens is 3. The average molecular weight is 546 g/mol. The summed E-state index contributed by atoms with van der Waals surface area (Å²) in [7, 11) is 0. The molecule has 3 unspecified atom stereocenters. The van der Waals surface area contributed by atoms with Crippen molar-refractivity contribution in [2.45, 2.75) is 88.8 Å². The summed E-state index contributed by atoms with van der Waals surface area (Å²) in [5.41, 5.74) is 1.69. The molecule has 2 saturated carbocycles. The quantitative estimate of drug-likeness (QED) is 0.347. The number of amides is 2. The fraction of sp³-hybridized carbons (Fsp3) is 0.567. The maximum Gasteiger partial charge on any atom is 0.573 e. The predicted octanol–water partition coefficient (Wildman–Crippen LogP) is 7.11. The molecule has 3 N–H and O–H groups in total. The first kappa shape index (κ1) is 27.6. The van der Waals surface area contributed by atoms with Crippen LogP contribution in [0.1, 0.15) is 70.3 Å². The molecule has 0 aromatic heterocycles. The number of rotatable bonds is 7. The van der Waals surface area contributed by atoms with E-state index in [0.717, 1.165) is 31.6 Å². The Balaban J connectivity index is 1.28. The van der Waals surface area contributed by atoms with E-state index in [1.807, 2.05) is 18.2 Å². The Hall–Kier alpha value is -2.94. The molecule has 2 amide bonds. The van der Waals surface area contributed by atoms with Crippen LogP contribution in [0.25, 0.3) is 0 Å². The molecule has 6 nitrogen and oxygen atoms in total. The summed E-state index contributed by atoms with van der Waals surface area (Å²) in [6, 6.07) is 12.6. The topological polar surface area (TPSA) is 71.6 Å². The van der Waals surface area contributed by atoms with Crippen LogP contribution in [-0.2, 0) is 5.41 Å². The van der Waals surface area contributed by atoms with Crippen molar-refractivity contribution in [2.75, 3.05) is 11.9 Å². The molecule has 2 aliphatic carbocycles. The van der Waals surface area contributed by atoms with E-state index < -0.39 is 18.6 Å². The summed E-state index contributed by atoms with van der Waals surface area (Å²) in [6.07, 6.45) is 5.32. The summed E-state index contributed by atoms with van der Waals surface area (Å²) in [4.78, 5) is 13.0. The number of urea groups is 1. The monoisotopic (exact) mass is 545 g/mol. The lowest BCUT2D eigenvalue weighted by Crippen LogP contribution is -2.60. The van der Waals surface area contributed by atoms with E-state index in [4.69, 9.17) is 4.74 Å². The maximum absolute atomic E-state index is 13.0. The predicted molar refractivity (Wildman–Crippen MR) is 144 cm³/mol. The number of nitrogens with one attached hydrogen (secondary N) is 3. The van der Waals surface area contributed by atoms with Crippen molar-refractivity contribution in [1.29, 1.82) is 0 Å². The van der Waals surface area contributed by atoms with Gasteiger partial charge in [0.25, 0.3) is 0 Å². The van der Waals surface area contributed by atoms with E-state index in [1.165, 1.54) is 68.4 Å². The molecule has 0 bridgehead atoms. The van der Waals surface area contributed by atoms with Gasteiger partial charge in [-0.1, -0.05) is 63.6 Å². The molecule has 1 aliphatic heterocycles. The van der Waals surface area contributed by atoms with Crippen molar-refractivity contribution in [3.05, 3.63) is 54.1 Å². The van der Waals surface area contributed by atoms with Crippen molar-refractivity contribution < 1.29 is 27.4 Å². The van der Waals surface area contributed by atoms with E-state index in [2.05, 4.69) is 33.7 Å². The number of hydrogen-bond donors (Lipinski definition) is 3. The largest absolute Gasteiger partial charge is 0.573 e. The van der Waals surface area contributed by atoms with Gasteiger partial charge in [-0.25, -0.2) is 4.79 Å². The van der Waals surface area contributed by atoms with Gasteiger partial charge < -0.3 is 20.1 Å². The third kappa shape index (κ3) is 6.99. The molecule has 212 valence electrons. The minimum absolute atomic E-state index is 0.109. The number of piperidine rings is 1. The molecular formula is C30H38F3N3O3. The fourth-order valence-corrected chi connectivity index (χ4v) is 6.42. The minimum atomic E-state index is -4.77. The molecule has 0 spiro atoms. The number of carbonyl (C=O) groups is 1. The molecule has 9 heteroatoms. The molecule has 3 fully saturated rings. The van der Waals surface area contributed by atoms with Crippen LogP contribution in [0.5, 0.6) is 11.5 Å². The van der Waals surface area contributed by atoms with E-state index >= 15 is 0 Å². The highest BCUT2D eigenvalue weighted by Crippen LogP contribution is 2.47. The van der Waals surface area contributed by atoms with E-state index in [9.17, 15) is 18.0 Å². The van der Waals surface area contributed by atoms with Crippen molar-refractivity contribution in [1.82, 2.24) is 10.6 Å². The first-order chi connectivity index (χ1) is 18.7. The Bertz CT molecular complexity index is 1110. The Morgan fingerprint density at radius 2 is 1.69 bits per heavy atom. The average Bonchev–Trinajstić information content (AvgIpc) is 2.89. The highest BCUT2D eigenvalue weighted by atomic mass is 19.4. The third-order valence-corrected chi connectivity index (χ3v) is 8.73. The van der Waals surface area contributed by atoms with Gasteiger partial charge in [0.2, 0.25) is 0 Å². The maximum atomic E-state index is 13.0. The molecule has 1 saturated heterocycles. The lowest BCUT2D eigenvalue weighted by atomic mass is 9.66. The van der Waals surface area contributed by atoms with Gasteiger partial charge in [0.15, 0.2) is 6.23 Å². The Morgan fingerprint density at radius 1 is 0.974 bits per heavy atom. The first-order valence-electron chi connectivity index (χ1n) is 14.1. The van der Waals surface area contributed by atoms with Gasteiger partial charge >= 0.3 is 12.4 Å². The second kappa shape index (κ2) is 11.7. The summed E-state index contributed by atoms with van der Waals surface area (Å²) in [5, 5.41) is 9.43. The van der Waals surface area contributed by atoms with Gasteiger partial charge in [0.1, 0.15) is 11.5 Å². The van der Waals surface area contributed by atoms with Gasteiger partial charge in [-0.15, -0.1) is 13.2 Å². The van der Waals surface area contributed by atoms with Crippen LogP contribution in [0.2, 0.25) is 0 Å². The molecule has 1 heterocycles. The Morgan fingerprint density at radius 3 is 2.36 bits per heavy atom.